The topological polar surface area (TPSA) is 132 Å². The molecule has 1 fully saturated rings. The van der Waals surface area contributed by atoms with Crippen molar-refractivity contribution >= 4 is 40.3 Å². The number of anilines is 1. The van der Waals surface area contributed by atoms with Crippen LogP contribution in [0.15, 0.2) is 47.7 Å². The second-order valence-corrected chi connectivity index (χ2v) is 8.92. The number of hydrogen-bond acceptors (Lipinski definition) is 8. The van der Waals surface area contributed by atoms with Gasteiger partial charge in [-0.05, 0) is 25.5 Å². The van der Waals surface area contributed by atoms with E-state index in [-0.39, 0.29) is 23.9 Å². The van der Waals surface area contributed by atoms with E-state index in [0.29, 0.717) is 46.1 Å². The molecule has 0 radical (unpaired) electrons. The second-order valence-electron chi connectivity index (χ2n) is 8.51. The van der Waals surface area contributed by atoms with Gasteiger partial charge in [-0.25, -0.2) is 9.97 Å². The Morgan fingerprint density at radius 3 is 2.69 bits per heavy atom. The van der Waals surface area contributed by atoms with Crippen molar-refractivity contribution in [3.05, 3.63) is 63.9 Å². The molecule has 4 heterocycles. The molecule has 1 saturated heterocycles. The van der Waals surface area contributed by atoms with Gasteiger partial charge >= 0.3 is 0 Å². The first kappa shape index (κ1) is 23.6. The summed E-state index contributed by atoms with van der Waals surface area (Å²) in [5.41, 5.74) is 2.81. The van der Waals surface area contributed by atoms with Gasteiger partial charge in [0.15, 0.2) is 5.78 Å². The first-order valence-corrected chi connectivity index (χ1v) is 11.7. The molecule has 1 aromatic carbocycles. The minimum atomic E-state index is -0.792. The molecule has 0 spiro atoms. The normalized spacial score (nSPS) is 15.2. The van der Waals surface area contributed by atoms with Gasteiger partial charge in [0.2, 0.25) is 11.9 Å². The monoisotopic (exact) mass is 503 g/mol. The average molecular weight is 504 g/mol. The van der Waals surface area contributed by atoms with Crippen molar-refractivity contribution in [3.63, 3.8) is 0 Å². The lowest BCUT2D eigenvalue weighted by molar-refractivity contribution is -0.132. The predicted molar refractivity (Wildman–Crippen MR) is 136 cm³/mol. The van der Waals surface area contributed by atoms with Crippen molar-refractivity contribution in [1.29, 1.82) is 0 Å². The molecule has 1 atom stereocenters. The van der Waals surface area contributed by atoms with E-state index in [1.807, 2.05) is 13.0 Å². The van der Waals surface area contributed by atoms with Crippen molar-refractivity contribution in [2.24, 2.45) is 5.92 Å². The zero-order valence-corrected chi connectivity index (χ0v) is 20.3. The van der Waals surface area contributed by atoms with Crippen molar-refractivity contribution in [2.45, 2.75) is 19.9 Å². The van der Waals surface area contributed by atoms with Crippen molar-refractivity contribution in [3.8, 4) is 22.4 Å². The first-order valence-electron chi connectivity index (χ1n) is 11.3. The quantitative estimate of drug-likeness (QED) is 0.384. The number of carbonyl (C=O) groups is 2. The number of ketones is 1. The molecule has 36 heavy (non-hydrogen) atoms. The lowest BCUT2D eigenvalue weighted by atomic mass is 10.0. The number of halogens is 1. The predicted octanol–water partition coefficient (Wildman–Crippen LogP) is 2.62. The standard InChI is InChI=1S/C25H22ClN7O3/c1-13-9-28-11-20(31-13)14-3-4-16(19(26)8-14)18-7-15-10-30-25(27-2)32-22(15)33(24(18)36)12-21(34)17-5-6-29-23(17)35/h3-4,7-11,17H,5-6,12H2,1-2H3,(H,29,35)(H,27,30,32). The molecule has 10 nitrogen and oxygen atoms in total. The maximum atomic E-state index is 13.7. The van der Waals surface area contributed by atoms with Gasteiger partial charge in [-0.2, -0.15) is 4.98 Å². The van der Waals surface area contributed by atoms with Crippen LogP contribution in [0.2, 0.25) is 5.02 Å². The Hall–Kier alpha value is -4.18. The Balaban J connectivity index is 1.63. The minimum absolute atomic E-state index is 0.289. The molecule has 1 unspecified atom stereocenters. The fourth-order valence-corrected chi connectivity index (χ4v) is 4.56. The van der Waals surface area contributed by atoms with Crippen LogP contribution in [0.4, 0.5) is 5.95 Å². The molecule has 0 bridgehead atoms. The molecule has 1 amide bonds. The third-order valence-electron chi connectivity index (χ3n) is 6.11. The molecular weight excluding hydrogens is 482 g/mol. The van der Waals surface area contributed by atoms with E-state index in [1.165, 1.54) is 4.57 Å². The Morgan fingerprint density at radius 1 is 1.17 bits per heavy atom. The molecule has 5 rings (SSSR count). The lowest BCUT2D eigenvalue weighted by Crippen LogP contribution is -2.32. The fourth-order valence-electron chi connectivity index (χ4n) is 4.28. The van der Waals surface area contributed by atoms with E-state index in [4.69, 9.17) is 11.6 Å². The number of pyridine rings is 1. The number of fused-ring (bicyclic) bond motifs is 1. The molecule has 0 aliphatic carbocycles. The second kappa shape index (κ2) is 9.46. The summed E-state index contributed by atoms with van der Waals surface area (Å²) in [4.78, 5) is 56.1. The van der Waals surface area contributed by atoms with E-state index in [0.717, 1.165) is 11.3 Å². The molecule has 0 saturated carbocycles. The number of benzene rings is 1. The third-order valence-corrected chi connectivity index (χ3v) is 6.42. The Morgan fingerprint density at radius 2 is 2.00 bits per heavy atom. The van der Waals surface area contributed by atoms with E-state index in [2.05, 4.69) is 30.6 Å². The van der Waals surface area contributed by atoms with Crippen LogP contribution in [0.5, 0.6) is 0 Å². The van der Waals surface area contributed by atoms with Gasteiger partial charge in [-0.1, -0.05) is 23.7 Å². The summed E-state index contributed by atoms with van der Waals surface area (Å²) in [7, 11) is 1.66. The van der Waals surface area contributed by atoms with Gasteiger partial charge in [0, 0.05) is 53.1 Å². The fraction of sp³-hybridized carbons (Fsp3) is 0.240. The third kappa shape index (κ3) is 4.31. The molecule has 1 aliphatic heterocycles. The van der Waals surface area contributed by atoms with Crippen LogP contribution in [0.25, 0.3) is 33.4 Å². The number of Topliss-reactive ketones (excluding diaryl/α,β-unsaturated/α-hetero) is 1. The van der Waals surface area contributed by atoms with Crippen molar-refractivity contribution in [2.75, 3.05) is 18.9 Å². The molecule has 1 aliphatic rings. The Kier molecular flexibility index (Phi) is 6.19. The highest BCUT2D eigenvalue weighted by molar-refractivity contribution is 6.33. The smallest absolute Gasteiger partial charge is 0.260 e. The summed E-state index contributed by atoms with van der Waals surface area (Å²) in [6, 6.07) is 6.94. The maximum Gasteiger partial charge on any atom is 0.260 e. The SMILES string of the molecule is CNc1ncc2cc(-c3ccc(-c4cncc(C)n4)cc3Cl)c(=O)n(CC(=O)C3CCNC3=O)c2n1. The number of aromatic nitrogens is 5. The summed E-state index contributed by atoms with van der Waals surface area (Å²) in [6.07, 6.45) is 5.28. The molecule has 2 N–H and O–H groups in total. The van der Waals surface area contributed by atoms with Gasteiger partial charge in [0.25, 0.3) is 5.56 Å². The maximum absolute atomic E-state index is 13.7. The highest BCUT2D eigenvalue weighted by Crippen LogP contribution is 2.31. The number of nitrogens with one attached hydrogen (secondary N) is 2. The summed E-state index contributed by atoms with van der Waals surface area (Å²) in [5.74, 6) is -1.16. The van der Waals surface area contributed by atoms with Crippen LogP contribution in [0, 0.1) is 12.8 Å². The lowest BCUT2D eigenvalue weighted by Gasteiger charge is -2.15. The summed E-state index contributed by atoms with van der Waals surface area (Å²) < 4.78 is 1.29. The highest BCUT2D eigenvalue weighted by atomic mass is 35.5. The Bertz CT molecular complexity index is 1580. The number of nitrogens with zero attached hydrogens (tertiary/aromatic N) is 5. The molecule has 11 heteroatoms. The van der Waals surface area contributed by atoms with E-state index >= 15 is 0 Å². The van der Waals surface area contributed by atoms with Crippen molar-refractivity contribution in [1.82, 2.24) is 29.8 Å². The van der Waals surface area contributed by atoms with Crippen LogP contribution >= 0.6 is 11.6 Å². The molecule has 182 valence electrons. The largest absolute Gasteiger partial charge is 0.357 e. The van der Waals surface area contributed by atoms with Gasteiger partial charge < -0.3 is 10.6 Å². The summed E-state index contributed by atoms with van der Waals surface area (Å²) >= 11 is 6.65. The Labute approximate surface area is 210 Å². The van der Waals surface area contributed by atoms with Gasteiger partial charge in [0.05, 0.1) is 30.0 Å². The zero-order valence-electron chi connectivity index (χ0n) is 19.6. The first-order chi connectivity index (χ1) is 17.4. The van der Waals surface area contributed by atoms with E-state index in [1.54, 1.807) is 43.8 Å². The number of aryl methyl sites for hydroxylation is 1. The van der Waals surface area contributed by atoms with Gasteiger partial charge in [-0.15, -0.1) is 0 Å². The summed E-state index contributed by atoms with van der Waals surface area (Å²) in [5, 5.41) is 6.40. The van der Waals surface area contributed by atoms with E-state index in [9.17, 15) is 14.4 Å². The summed E-state index contributed by atoms with van der Waals surface area (Å²) in [6.45, 7) is 1.99. The van der Waals surface area contributed by atoms with Crippen LogP contribution in [0.3, 0.4) is 0 Å². The van der Waals surface area contributed by atoms with Crippen LogP contribution in [-0.4, -0.2) is 49.8 Å². The number of hydrogen-bond donors (Lipinski definition) is 2. The highest BCUT2D eigenvalue weighted by Gasteiger charge is 2.31. The van der Waals surface area contributed by atoms with Crippen LogP contribution in [0.1, 0.15) is 12.1 Å². The van der Waals surface area contributed by atoms with Crippen molar-refractivity contribution < 1.29 is 9.59 Å². The van der Waals surface area contributed by atoms with E-state index < -0.39 is 11.5 Å². The van der Waals surface area contributed by atoms with Gasteiger partial charge in [-0.3, -0.25) is 23.9 Å². The van der Waals surface area contributed by atoms with Crippen LogP contribution < -0.4 is 16.2 Å². The zero-order chi connectivity index (χ0) is 25.4. The number of rotatable bonds is 6. The number of carbonyl (C=O) groups excluding carboxylic acids is 2. The minimum Gasteiger partial charge on any atom is -0.357 e. The average Bonchev–Trinajstić information content (AvgIpc) is 3.31. The molecule has 3 aromatic heterocycles. The van der Waals surface area contributed by atoms with Crippen LogP contribution in [-0.2, 0) is 16.1 Å². The van der Waals surface area contributed by atoms with Gasteiger partial charge in [0.1, 0.15) is 5.65 Å². The molecular formula is C25H22ClN7O3. The molecule has 4 aromatic rings. The number of amides is 1.